The molecule has 0 fully saturated rings. The third kappa shape index (κ3) is 7.17. The quantitative estimate of drug-likeness (QED) is 0.285. The summed E-state index contributed by atoms with van der Waals surface area (Å²) in [5.41, 5.74) is 4.01. The van der Waals surface area contributed by atoms with Gasteiger partial charge in [0.25, 0.3) is 0 Å². The van der Waals surface area contributed by atoms with Crippen LogP contribution in [0, 0.1) is 5.82 Å². The number of nitrogens with one attached hydrogen (secondary N) is 2. The Kier molecular flexibility index (Phi) is 8.27. The normalized spacial score (nSPS) is 10.4. The molecule has 0 spiro atoms. The molecule has 2 N–H and O–H groups in total. The maximum Gasteiger partial charge on any atom is 0.412 e. The Hall–Kier alpha value is -4.65. The summed E-state index contributed by atoms with van der Waals surface area (Å²) in [7, 11) is 0. The molecular formula is C29H25FN2O4. The smallest absolute Gasteiger partial charge is 0.412 e. The van der Waals surface area contributed by atoms with Crippen molar-refractivity contribution in [1.82, 2.24) is 0 Å². The lowest BCUT2D eigenvalue weighted by Gasteiger charge is -2.12. The number of anilines is 2. The minimum atomic E-state index is -0.786. The molecule has 0 atom stereocenters. The molecule has 0 unspecified atom stereocenters. The molecule has 6 nitrogen and oxygen atoms in total. The number of halogens is 1. The molecule has 4 aromatic carbocycles. The minimum Gasteiger partial charge on any atom is -0.444 e. The SMILES string of the molecule is O=C(Nc1ccc(NC(=O)OCc2ccccc2Cc2ccccc2)c(F)c1)OCc1ccccc1. The van der Waals surface area contributed by atoms with E-state index in [1.165, 1.54) is 12.1 Å². The molecule has 0 aliphatic carbocycles. The Morgan fingerprint density at radius 1 is 0.639 bits per heavy atom. The lowest BCUT2D eigenvalue weighted by atomic mass is 10.0. The second kappa shape index (κ2) is 12.2. The van der Waals surface area contributed by atoms with Gasteiger partial charge in [0, 0.05) is 5.69 Å². The van der Waals surface area contributed by atoms with Crippen LogP contribution >= 0.6 is 0 Å². The van der Waals surface area contributed by atoms with Crippen LogP contribution in [0.5, 0.6) is 0 Å². The number of carbonyl (C=O) groups excluding carboxylic acids is 2. The van der Waals surface area contributed by atoms with Crippen molar-refractivity contribution < 1.29 is 23.5 Å². The van der Waals surface area contributed by atoms with E-state index in [0.29, 0.717) is 6.42 Å². The molecule has 2 amide bonds. The highest BCUT2D eigenvalue weighted by Crippen LogP contribution is 2.20. The maximum absolute atomic E-state index is 14.5. The van der Waals surface area contributed by atoms with E-state index < -0.39 is 18.0 Å². The predicted molar refractivity (Wildman–Crippen MR) is 136 cm³/mol. The number of ether oxygens (including phenoxy) is 2. The standard InChI is InChI=1S/C29H25FN2O4/c30-26-18-25(31-28(33)35-19-22-11-5-2-6-12-22)15-16-27(26)32-29(34)36-20-24-14-8-7-13-23(24)17-21-9-3-1-4-10-21/h1-16,18H,17,19-20H2,(H,31,33)(H,32,34). The molecule has 0 bridgehead atoms. The van der Waals surface area contributed by atoms with Gasteiger partial charge in [-0.3, -0.25) is 10.6 Å². The second-order valence-corrected chi connectivity index (χ2v) is 8.01. The first-order valence-corrected chi connectivity index (χ1v) is 11.4. The highest BCUT2D eigenvalue weighted by atomic mass is 19.1. The van der Waals surface area contributed by atoms with Gasteiger partial charge in [0.2, 0.25) is 0 Å². The number of rotatable bonds is 8. The van der Waals surface area contributed by atoms with E-state index in [1.54, 1.807) is 0 Å². The van der Waals surface area contributed by atoms with Crippen LogP contribution in [0.15, 0.2) is 103 Å². The molecular weight excluding hydrogens is 459 g/mol. The molecule has 7 heteroatoms. The van der Waals surface area contributed by atoms with Crippen LogP contribution in [0.4, 0.5) is 25.4 Å². The molecule has 0 saturated heterocycles. The van der Waals surface area contributed by atoms with Gasteiger partial charge in [-0.25, -0.2) is 14.0 Å². The van der Waals surface area contributed by atoms with Crippen molar-refractivity contribution in [1.29, 1.82) is 0 Å². The van der Waals surface area contributed by atoms with Gasteiger partial charge in [-0.2, -0.15) is 0 Å². The van der Waals surface area contributed by atoms with Gasteiger partial charge in [-0.1, -0.05) is 84.9 Å². The van der Waals surface area contributed by atoms with Gasteiger partial charge >= 0.3 is 12.2 Å². The molecule has 4 rings (SSSR count). The Morgan fingerprint density at radius 2 is 1.22 bits per heavy atom. The van der Waals surface area contributed by atoms with E-state index in [0.717, 1.165) is 28.3 Å². The summed E-state index contributed by atoms with van der Waals surface area (Å²) >= 11 is 0. The molecule has 0 aliphatic rings. The topological polar surface area (TPSA) is 76.7 Å². The van der Waals surface area contributed by atoms with Crippen LogP contribution in [-0.4, -0.2) is 12.2 Å². The zero-order valence-electron chi connectivity index (χ0n) is 19.4. The monoisotopic (exact) mass is 484 g/mol. The van der Waals surface area contributed by atoms with Crippen LogP contribution in [0.3, 0.4) is 0 Å². The summed E-state index contributed by atoms with van der Waals surface area (Å²) in [5.74, 6) is -0.725. The van der Waals surface area contributed by atoms with Crippen molar-refractivity contribution in [2.45, 2.75) is 19.6 Å². The maximum atomic E-state index is 14.5. The minimum absolute atomic E-state index is 0.0450. The van der Waals surface area contributed by atoms with E-state index in [4.69, 9.17) is 9.47 Å². The van der Waals surface area contributed by atoms with E-state index in [9.17, 15) is 14.0 Å². The summed E-state index contributed by atoms with van der Waals surface area (Å²) in [6, 6.07) is 30.8. The number of amides is 2. The summed E-state index contributed by atoms with van der Waals surface area (Å²) in [6.45, 7) is 0.137. The van der Waals surface area contributed by atoms with Gasteiger partial charge in [0.05, 0.1) is 5.69 Å². The third-order valence-electron chi connectivity index (χ3n) is 5.38. The lowest BCUT2D eigenvalue weighted by Crippen LogP contribution is -2.16. The largest absolute Gasteiger partial charge is 0.444 e. The highest BCUT2D eigenvalue weighted by Gasteiger charge is 2.12. The van der Waals surface area contributed by atoms with Crippen molar-refractivity contribution in [3.63, 3.8) is 0 Å². The zero-order valence-corrected chi connectivity index (χ0v) is 19.4. The van der Waals surface area contributed by atoms with Crippen LogP contribution < -0.4 is 10.6 Å². The molecule has 36 heavy (non-hydrogen) atoms. The zero-order chi connectivity index (χ0) is 25.2. The summed E-state index contributed by atoms with van der Waals surface area (Å²) < 4.78 is 25.0. The van der Waals surface area contributed by atoms with Crippen molar-refractivity contribution >= 4 is 23.6 Å². The second-order valence-electron chi connectivity index (χ2n) is 8.01. The molecule has 182 valence electrons. The average Bonchev–Trinajstić information content (AvgIpc) is 2.90. The third-order valence-corrected chi connectivity index (χ3v) is 5.38. The van der Waals surface area contributed by atoms with Gasteiger partial charge < -0.3 is 9.47 Å². The Labute approximate surface area is 208 Å². The first-order valence-electron chi connectivity index (χ1n) is 11.4. The fraction of sp³-hybridized carbons (Fsp3) is 0.103. The van der Waals surface area contributed by atoms with Gasteiger partial charge in [-0.15, -0.1) is 0 Å². The fourth-order valence-corrected chi connectivity index (χ4v) is 3.55. The average molecular weight is 485 g/mol. The Bertz CT molecular complexity index is 1310. The summed E-state index contributed by atoms with van der Waals surface area (Å²) in [4.78, 5) is 24.3. The van der Waals surface area contributed by atoms with E-state index in [2.05, 4.69) is 10.6 Å². The van der Waals surface area contributed by atoms with Crippen molar-refractivity contribution in [3.8, 4) is 0 Å². The number of hydrogen-bond donors (Lipinski definition) is 2. The van der Waals surface area contributed by atoms with Crippen LogP contribution in [0.2, 0.25) is 0 Å². The van der Waals surface area contributed by atoms with Gasteiger partial charge in [0.1, 0.15) is 19.0 Å². The molecule has 4 aromatic rings. The van der Waals surface area contributed by atoms with E-state index in [-0.39, 0.29) is 24.6 Å². The van der Waals surface area contributed by atoms with E-state index >= 15 is 0 Å². The fourth-order valence-electron chi connectivity index (χ4n) is 3.55. The highest BCUT2D eigenvalue weighted by molar-refractivity contribution is 5.87. The van der Waals surface area contributed by atoms with E-state index in [1.807, 2.05) is 84.9 Å². The molecule has 0 aliphatic heterocycles. The van der Waals surface area contributed by atoms with Crippen molar-refractivity contribution in [3.05, 3.63) is 131 Å². The Balaban J connectivity index is 1.28. The van der Waals surface area contributed by atoms with Crippen LogP contribution in [-0.2, 0) is 29.1 Å². The van der Waals surface area contributed by atoms with Crippen LogP contribution in [0.1, 0.15) is 22.3 Å². The lowest BCUT2D eigenvalue weighted by molar-refractivity contribution is 0.154. The van der Waals surface area contributed by atoms with Crippen molar-refractivity contribution in [2.24, 2.45) is 0 Å². The van der Waals surface area contributed by atoms with Gasteiger partial charge in [-0.05, 0) is 46.9 Å². The van der Waals surface area contributed by atoms with Crippen LogP contribution in [0.25, 0.3) is 0 Å². The summed E-state index contributed by atoms with van der Waals surface area (Å²) in [5, 5.41) is 4.86. The number of carbonyl (C=O) groups is 2. The number of benzene rings is 4. The first-order chi connectivity index (χ1) is 17.6. The number of hydrogen-bond acceptors (Lipinski definition) is 4. The Morgan fingerprint density at radius 3 is 1.92 bits per heavy atom. The first kappa shape index (κ1) is 24.5. The predicted octanol–water partition coefficient (Wildman–Crippen LogP) is 6.91. The molecule has 0 radical (unpaired) electrons. The van der Waals surface area contributed by atoms with Crippen molar-refractivity contribution in [2.75, 3.05) is 10.6 Å². The molecule has 0 saturated carbocycles. The molecule has 0 aromatic heterocycles. The summed E-state index contributed by atoms with van der Waals surface area (Å²) in [6.07, 6.45) is -0.794. The molecule has 0 heterocycles. The van der Waals surface area contributed by atoms with Gasteiger partial charge in [0.15, 0.2) is 0 Å².